The Labute approximate surface area is 167 Å². The van der Waals surface area contributed by atoms with Crippen molar-refractivity contribution in [3.63, 3.8) is 0 Å². The van der Waals surface area contributed by atoms with Gasteiger partial charge in [-0.15, -0.1) is 0 Å². The Bertz CT molecular complexity index is 828. The van der Waals surface area contributed by atoms with Gasteiger partial charge in [0.05, 0.1) is 0 Å². The van der Waals surface area contributed by atoms with E-state index in [-0.39, 0.29) is 11.3 Å². The predicted molar refractivity (Wildman–Crippen MR) is 111 cm³/mol. The number of quaternary nitrogens is 1. The van der Waals surface area contributed by atoms with Gasteiger partial charge in [-0.2, -0.15) is 5.48 Å². The molecular weight excluding hydrogens is 348 g/mol. The van der Waals surface area contributed by atoms with Crippen LogP contribution in [0.25, 0.3) is 0 Å². The summed E-state index contributed by atoms with van der Waals surface area (Å²) in [6.07, 6.45) is 6.74. The quantitative estimate of drug-likeness (QED) is 0.536. The van der Waals surface area contributed by atoms with Crippen molar-refractivity contribution in [2.45, 2.75) is 51.4 Å². The van der Waals surface area contributed by atoms with Crippen molar-refractivity contribution in [3.05, 3.63) is 59.7 Å². The minimum Gasteiger partial charge on any atom is -0.322 e. The van der Waals surface area contributed by atoms with E-state index in [0.29, 0.717) is 11.3 Å². The standard InChI is InChI=1S/C24H30N2O2/c1-16-10-17-12-18(11-16)15-24(2,14-17)20-6-8-21(9-7-20)25-23(27)19-4-3-5-22(13-19)26-28/h3-9,13,16-18,26,28H,10-12,14-15H2,1-2H3,(H,25,27)/p+1. The zero-order chi connectivity index (χ0) is 19.7. The summed E-state index contributed by atoms with van der Waals surface area (Å²) in [5, 5.41) is 12.1. The lowest BCUT2D eigenvalue weighted by molar-refractivity contribution is -0.825. The van der Waals surface area contributed by atoms with Crippen LogP contribution in [0, 0.1) is 17.8 Å². The Morgan fingerprint density at radius 3 is 2.39 bits per heavy atom. The third-order valence-corrected chi connectivity index (χ3v) is 6.75. The van der Waals surface area contributed by atoms with E-state index in [0.717, 1.165) is 28.9 Å². The molecule has 148 valence electrons. The van der Waals surface area contributed by atoms with Gasteiger partial charge in [0.15, 0.2) is 5.69 Å². The van der Waals surface area contributed by atoms with E-state index in [1.165, 1.54) is 37.7 Å². The number of anilines is 1. The van der Waals surface area contributed by atoms with Gasteiger partial charge in [0, 0.05) is 23.4 Å². The van der Waals surface area contributed by atoms with Crippen LogP contribution in [0.2, 0.25) is 0 Å². The number of benzene rings is 2. The van der Waals surface area contributed by atoms with E-state index >= 15 is 0 Å². The van der Waals surface area contributed by atoms with Crippen LogP contribution in [0.4, 0.5) is 11.4 Å². The Morgan fingerprint density at radius 2 is 1.75 bits per heavy atom. The molecule has 0 radical (unpaired) electrons. The van der Waals surface area contributed by atoms with Crippen LogP contribution in [0.3, 0.4) is 0 Å². The van der Waals surface area contributed by atoms with E-state index in [1.54, 1.807) is 24.3 Å². The highest BCUT2D eigenvalue weighted by molar-refractivity contribution is 6.04. The Kier molecular flexibility index (Phi) is 5.26. The first-order valence-corrected chi connectivity index (χ1v) is 10.4. The summed E-state index contributed by atoms with van der Waals surface area (Å²) >= 11 is 0. The molecule has 2 bridgehead atoms. The molecule has 2 aliphatic carbocycles. The molecular formula is C24H31N2O2+. The van der Waals surface area contributed by atoms with Crippen LogP contribution in [0.1, 0.15) is 61.9 Å². The minimum absolute atomic E-state index is 0.163. The van der Waals surface area contributed by atoms with Crippen LogP contribution in [0.5, 0.6) is 0 Å². The number of amides is 1. The van der Waals surface area contributed by atoms with Crippen molar-refractivity contribution in [2.75, 3.05) is 5.32 Å². The number of carbonyl (C=O) groups excluding carboxylic acids is 1. The minimum atomic E-state index is -0.163. The molecule has 0 aliphatic heterocycles. The summed E-state index contributed by atoms with van der Waals surface area (Å²) in [5.41, 5.74) is 4.61. The number of nitrogens with two attached hydrogens (primary N) is 1. The number of hydrogen-bond acceptors (Lipinski definition) is 2. The van der Waals surface area contributed by atoms with Gasteiger partial charge in [0.2, 0.25) is 0 Å². The van der Waals surface area contributed by atoms with Crippen molar-refractivity contribution in [2.24, 2.45) is 17.8 Å². The number of nitrogens with one attached hydrogen (secondary N) is 1. The van der Waals surface area contributed by atoms with Gasteiger partial charge < -0.3 is 5.32 Å². The zero-order valence-electron chi connectivity index (χ0n) is 16.8. The summed E-state index contributed by atoms with van der Waals surface area (Å²) in [7, 11) is 0. The number of carbonyl (C=O) groups is 1. The largest absolute Gasteiger partial charge is 0.322 e. The van der Waals surface area contributed by atoms with Gasteiger partial charge >= 0.3 is 0 Å². The average Bonchev–Trinajstić information content (AvgIpc) is 2.67. The Balaban J connectivity index is 1.46. The van der Waals surface area contributed by atoms with Crippen LogP contribution in [0.15, 0.2) is 48.5 Å². The lowest BCUT2D eigenvalue weighted by Gasteiger charge is -2.47. The molecule has 0 aromatic heterocycles. The predicted octanol–water partition coefficient (Wildman–Crippen LogP) is 4.63. The molecule has 2 aromatic carbocycles. The molecule has 4 rings (SSSR count). The second-order valence-electron chi connectivity index (χ2n) is 9.30. The highest BCUT2D eigenvalue weighted by atomic mass is 16.5. The highest BCUT2D eigenvalue weighted by Gasteiger charge is 2.41. The van der Waals surface area contributed by atoms with E-state index in [9.17, 15) is 4.79 Å². The fraction of sp³-hybridized carbons (Fsp3) is 0.458. The zero-order valence-corrected chi connectivity index (χ0v) is 16.8. The second kappa shape index (κ2) is 7.69. The van der Waals surface area contributed by atoms with E-state index in [2.05, 4.69) is 31.3 Å². The maximum atomic E-state index is 12.5. The van der Waals surface area contributed by atoms with E-state index in [4.69, 9.17) is 5.21 Å². The summed E-state index contributed by atoms with van der Waals surface area (Å²) in [6.45, 7) is 4.83. The van der Waals surface area contributed by atoms with Crippen LogP contribution >= 0.6 is 0 Å². The first-order valence-electron chi connectivity index (χ1n) is 10.4. The SMILES string of the molecule is CC1CC2CC(C1)CC(C)(c1ccc(NC(=O)c3cccc([NH2+]O)c3)cc1)C2. The van der Waals surface area contributed by atoms with Gasteiger partial charge in [-0.25, -0.2) is 5.21 Å². The third kappa shape index (κ3) is 3.98. The van der Waals surface area contributed by atoms with E-state index in [1.807, 2.05) is 12.1 Å². The molecule has 0 heterocycles. The van der Waals surface area contributed by atoms with Crippen LogP contribution < -0.4 is 10.8 Å². The monoisotopic (exact) mass is 379 g/mol. The first-order chi connectivity index (χ1) is 13.4. The molecule has 4 nitrogen and oxygen atoms in total. The smallest absolute Gasteiger partial charge is 0.255 e. The molecule has 28 heavy (non-hydrogen) atoms. The lowest BCUT2D eigenvalue weighted by atomic mass is 9.57. The normalized spacial score (nSPS) is 29.3. The lowest BCUT2D eigenvalue weighted by Crippen LogP contribution is -2.73. The van der Waals surface area contributed by atoms with E-state index < -0.39 is 0 Å². The summed E-state index contributed by atoms with van der Waals surface area (Å²) in [4.78, 5) is 12.5. The summed E-state index contributed by atoms with van der Waals surface area (Å²) in [6, 6.07) is 15.4. The number of rotatable bonds is 4. The van der Waals surface area contributed by atoms with Gasteiger partial charge in [-0.05, 0) is 79.0 Å². The van der Waals surface area contributed by atoms with Crippen molar-refractivity contribution in [1.29, 1.82) is 0 Å². The van der Waals surface area contributed by atoms with Crippen molar-refractivity contribution >= 4 is 17.3 Å². The second-order valence-corrected chi connectivity index (χ2v) is 9.30. The summed E-state index contributed by atoms with van der Waals surface area (Å²) in [5.74, 6) is 2.45. The highest BCUT2D eigenvalue weighted by Crippen LogP contribution is 2.51. The van der Waals surface area contributed by atoms with Gasteiger partial charge in [0.25, 0.3) is 5.91 Å². The molecule has 2 atom stereocenters. The maximum absolute atomic E-state index is 12.5. The fourth-order valence-corrected chi connectivity index (χ4v) is 5.74. The molecule has 4 N–H and O–H groups in total. The average molecular weight is 380 g/mol. The van der Waals surface area contributed by atoms with Gasteiger partial charge in [-0.1, -0.05) is 32.0 Å². The molecule has 1 amide bonds. The van der Waals surface area contributed by atoms with Crippen molar-refractivity contribution < 1.29 is 15.5 Å². The number of hydrogen-bond donors (Lipinski definition) is 3. The summed E-state index contributed by atoms with van der Waals surface area (Å²) < 4.78 is 0. The van der Waals surface area contributed by atoms with Gasteiger partial charge in [0.1, 0.15) is 0 Å². The van der Waals surface area contributed by atoms with Gasteiger partial charge in [-0.3, -0.25) is 4.79 Å². The first kappa shape index (κ1) is 19.2. The third-order valence-electron chi connectivity index (χ3n) is 6.75. The molecule has 0 spiro atoms. The molecule has 2 aliphatic rings. The molecule has 2 saturated carbocycles. The fourth-order valence-electron chi connectivity index (χ4n) is 5.74. The maximum Gasteiger partial charge on any atom is 0.255 e. The Hall–Kier alpha value is -2.17. The van der Waals surface area contributed by atoms with Crippen LogP contribution in [-0.2, 0) is 5.41 Å². The topological polar surface area (TPSA) is 65.9 Å². The van der Waals surface area contributed by atoms with Crippen LogP contribution in [-0.4, -0.2) is 11.1 Å². The molecule has 2 fully saturated rings. The molecule has 2 aromatic rings. The number of fused-ring (bicyclic) bond motifs is 2. The molecule has 4 heteroatoms. The Morgan fingerprint density at radius 1 is 1.07 bits per heavy atom. The molecule has 2 unspecified atom stereocenters. The molecule has 0 saturated heterocycles. The van der Waals surface area contributed by atoms with Crippen molar-refractivity contribution in [1.82, 2.24) is 0 Å². The van der Waals surface area contributed by atoms with Crippen molar-refractivity contribution in [3.8, 4) is 0 Å².